The van der Waals surface area contributed by atoms with E-state index in [0.29, 0.717) is 16.9 Å². The molecule has 0 heterocycles. The van der Waals surface area contributed by atoms with E-state index in [1.807, 2.05) is 42.5 Å². The van der Waals surface area contributed by atoms with Crippen LogP contribution in [0.4, 0.5) is 17.1 Å². The Morgan fingerprint density at radius 3 is 2.15 bits per heavy atom. The van der Waals surface area contributed by atoms with Gasteiger partial charge in [-0.15, -0.1) is 0 Å². The van der Waals surface area contributed by atoms with Gasteiger partial charge in [0.25, 0.3) is 5.91 Å². The number of hydrogen-bond acceptors (Lipinski definition) is 3. The predicted octanol–water partition coefficient (Wildman–Crippen LogP) is 4.75. The SMILES string of the molecule is O=C(CNc1ccc(Br)cc1)Nc1ccccc1C(=O)Nc1ccccc1. The molecule has 2 amide bonds. The Morgan fingerprint density at radius 1 is 0.741 bits per heavy atom. The van der Waals surface area contributed by atoms with Crippen molar-refractivity contribution in [2.24, 2.45) is 0 Å². The van der Waals surface area contributed by atoms with Crippen molar-refractivity contribution < 1.29 is 9.59 Å². The lowest BCUT2D eigenvalue weighted by atomic mass is 10.1. The molecule has 3 aromatic carbocycles. The Balaban J connectivity index is 1.63. The third-order valence-electron chi connectivity index (χ3n) is 3.77. The van der Waals surface area contributed by atoms with Gasteiger partial charge >= 0.3 is 0 Å². The number of amides is 2. The summed E-state index contributed by atoms with van der Waals surface area (Å²) < 4.78 is 0.968. The van der Waals surface area contributed by atoms with Crippen LogP contribution in [0.25, 0.3) is 0 Å². The Kier molecular flexibility index (Phi) is 6.22. The van der Waals surface area contributed by atoms with Crippen molar-refractivity contribution in [3.05, 3.63) is 88.9 Å². The van der Waals surface area contributed by atoms with Gasteiger partial charge < -0.3 is 16.0 Å². The summed E-state index contributed by atoms with van der Waals surface area (Å²) in [5, 5.41) is 8.66. The van der Waals surface area contributed by atoms with E-state index in [0.717, 1.165) is 10.2 Å². The van der Waals surface area contributed by atoms with Gasteiger partial charge in [-0.3, -0.25) is 9.59 Å². The standard InChI is InChI=1S/C21H18BrN3O2/c22-15-10-12-16(13-11-15)23-14-20(26)25-19-9-5-4-8-18(19)21(27)24-17-6-2-1-3-7-17/h1-13,23H,14H2,(H,24,27)(H,25,26). The molecule has 3 rings (SSSR count). The van der Waals surface area contributed by atoms with Gasteiger partial charge in [-0.1, -0.05) is 46.3 Å². The Labute approximate surface area is 165 Å². The second-order valence-corrected chi connectivity index (χ2v) is 6.69. The molecule has 0 saturated carbocycles. The molecule has 0 saturated heterocycles. The Bertz CT molecular complexity index is 928. The zero-order chi connectivity index (χ0) is 19.1. The number of carbonyl (C=O) groups excluding carboxylic acids is 2. The van der Waals surface area contributed by atoms with Crippen molar-refractivity contribution in [1.82, 2.24) is 0 Å². The molecule has 3 N–H and O–H groups in total. The minimum absolute atomic E-state index is 0.0935. The second kappa shape index (κ2) is 9.00. The van der Waals surface area contributed by atoms with Gasteiger partial charge in [-0.2, -0.15) is 0 Å². The highest BCUT2D eigenvalue weighted by molar-refractivity contribution is 9.10. The fraction of sp³-hybridized carbons (Fsp3) is 0.0476. The molecule has 0 radical (unpaired) electrons. The molecule has 0 aliphatic heterocycles. The van der Waals surface area contributed by atoms with E-state index in [1.54, 1.807) is 36.4 Å². The lowest BCUT2D eigenvalue weighted by Crippen LogP contribution is -2.23. The van der Waals surface area contributed by atoms with Crippen molar-refractivity contribution in [2.75, 3.05) is 22.5 Å². The fourth-order valence-electron chi connectivity index (χ4n) is 2.45. The molecule has 0 bridgehead atoms. The topological polar surface area (TPSA) is 70.2 Å². The van der Waals surface area contributed by atoms with Crippen LogP contribution in [0, 0.1) is 0 Å². The maximum absolute atomic E-state index is 12.5. The van der Waals surface area contributed by atoms with E-state index >= 15 is 0 Å². The first-order valence-corrected chi connectivity index (χ1v) is 9.16. The highest BCUT2D eigenvalue weighted by Crippen LogP contribution is 2.18. The van der Waals surface area contributed by atoms with Crippen LogP contribution in [-0.2, 0) is 4.79 Å². The highest BCUT2D eigenvalue weighted by Gasteiger charge is 2.13. The molecule has 27 heavy (non-hydrogen) atoms. The molecule has 6 heteroatoms. The van der Waals surface area contributed by atoms with Gasteiger partial charge in [-0.25, -0.2) is 0 Å². The van der Waals surface area contributed by atoms with Crippen LogP contribution < -0.4 is 16.0 Å². The number of anilines is 3. The number of benzene rings is 3. The van der Waals surface area contributed by atoms with Gasteiger partial charge in [0.15, 0.2) is 0 Å². The van der Waals surface area contributed by atoms with Crippen LogP contribution in [0.2, 0.25) is 0 Å². The molecular weight excluding hydrogens is 406 g/mol. The Hall–Kier alpha value is -3.12. The van der Waals surface area contributed by atoms with Crippen molar-refractivity contribution in [3.63, 3.8) is 0 Å². The molecule has 0 atom stereocenters. The third kappa shape index (κ3) is 5.43. The minimum Gasteiger partial charge on any atom is -0.376 e. The van der Waals surface area contributed by atoms with E-state index in [1.165, 1.54) is 0 Å². The number of hydrogen-bond donors (Lipinski definition) is 3. The van der Waals surface area contributed by atoms with Crippen molar-refractivity contribution in [2.45, 2.75) is 0 Å². The lowest BCUT2D eigenvalue weighted by molar-refractivity contribution is -0.114. The summed E-state index contributed by atoms with van der Waals surface area (Å²) in [6.45, 7) is 0.0935. The average molecular weight is 424 g/mol. The molecule has 0 aliphatic carbocycles. The highest BCUT2D eigenvalue weighted by atomic mass is 79.9. The number of para-hydroxylation sites is 2. The van der Waals surface area contributed by atoms with Crippen LogP contribution in [0.5, 0.6) is 0 Å². The first-order valence-electron chi connectivity index (χ1n) is 8.36. The summed E-state index contributed by atoms with van der Waals surface area (Å²) in [6, 6.07) is 23.6. The number of halogens is 1. The normalized spacial score (nSPS) is 10.1. The summed E-state index contributed by atoms with van der Waals surface area (Å²) in [4.78, 5) is 24.8. The molecule has 136 valence electrons. The molecular formula is C21H18BrN3O2. The lowest BCUT2D eigenvalue weighted by Gasteiger charge is -2.12. The zero-order valence-corrected chi connectivity index (χ0v) is 16.0. The van der Waals surface area contributed by atoms with Crippen LogP contribution >= 0.6 is 15.9 Å². The Morgan fingerprint density at radius 2 is 1.41 bits per heavy atom. The maximum atomic E-state index is 12.5. The molecule has 0 fully saturated rings. The summed E-state index contributed by atoms with van der Waals surface area (Å²) in [6.07, 6.45) is 0. The maximum Gasteiger partial charge on any atom is 0.257 e. The smallest absolute Gasteiger partial charge is 0.257 e. The molecule has 0 spiro atoms. The summed E-state index contributed by atoms with van der Waals surface area (Å²) in [7, 11) is 0. The van der Waals surface area contributed by atoms with Gasteiger partial charge in [0.2, 0.25) is 5.91 Å². The number of rotatable bonds is 6. The molecule has 0 aliphatic rings. The molecule has 3 aromatic rings. The van der Waals surface area contributed by atoms with Crippen LogP contribution in [0.1, 0.15) is 10.4 Å². The van der Waals surface area contributed by atoms with Gasteiger partial charge in [0, 0.05) is 15.8 Å². The van der Waals surface area contributed by atoms with E-state index in [4.69, 9.17) is 0 Å². The summed E-state index contributed by atoms with van der Waals surface area (Å²) >= 11 is 3.37. The van der Waals surface area contributed by atoms with Crippen LogP contribution in [0.15, 0.2) is 83.3 Å². The first kappa shape index (κ1) is 18.7. The zero-order valence-electron chi connectivity index (χ0n) is 14.4. The van der Waals surface area contributed by atoms with Gasteiger partial charge in [0.05, 0.1) is 17.8 Å². The van der Waals surface area contributed by atoms with E-state index in [2.05, 4.69) is 31.9 Å². The van der Waals surface area contributed by atoms with Gasteiger partial charge in [-0.05, 0) is 48.5 Å². The fourth-order valence-corrected chi connectivity index (χ4v) is 2.72. The average Bonchev–Trinajstić information content (AvgIpc) is 2.69. The monoisotopic (exact) mass is 423 g/mol. The van der Waals surface area contributed by atoms with E-state index in [9.17, 15) is 9.59 Å². The number of nitrogens with one attached hydrogen (secondary N) is 3. The first-order chi connectivity index (χ1) is 13.1. The van der Waals surface area contributed by atoms with Crippen LogP contribution in [0.3, 0.4) is 0 Å². The van der Waals surface area contributed by atoms with Gasteiger partial charge in [0.1, 0.15) is 0 Å². The minimum atomic E-state index is -0.280. The van der Waals surface area contributed by atoms with Crippen molar-refractivity contribution in [3.8, 4) is 0 Å². The largest absolute Gasteiger partial charge is 0.376 e. The molecule has 0 aromatic heterocycles. The summed E-state index contributed by atoms with van der Waals surface area (Å²) in [5.74, 6) is -0.518. The van der Waals surface area contributed by atoms with E-state index in [-0.39, 0.29) is 18.4 Å². The number of carbonyl (C=O) groups is 2. The predicted molar refractivity (Wildman–Crippen MR) is 112 cm³/mol. The van der Waals surface area contributed by atoms with Crippen molar-refractivity contribution in [1.29, 1.82) is 0 Å². The molecule has 0 unspecified atom stereocenters. The summed E-state index contributed by atoms with van der Waals surface area (Å²) in [5.41, 5.74) is 2.40. The third-order valence-corrected chi connectivity index (χ3v) is 4.30. The van der Waals surface area contributed by atoms with Crippen LogP contribution in [-0.4, -0.2) is 18.4 Å². The van der Waals surface area contributed by atoms with Crippen molar-refractivity contribution >= 4 is 44.8 Å². The quantitative estimate of drug-likeness (QED) is 0.535. The van der Waals surface area contributed by atoms with E-state index < -0.39 is 0 Å². The second-order valence-electron chi connectivity index (χ2n) is 5.77. The molecule has 5 nitrogen and oxygen atoms in total.